The molecule has 1 aromatic heterocycles. The molecule has 3 atom stereocenters. The van der Waals surface area contributed by atoms with E-state index in [1.807, 2.05) is 26.8 Å². The van der Waals surface area contributed by atoms with E-state index in [1.54, 1.807) is 12.3 Å². The minimum Gasteiger partial charge on any atom is -0.466 e. The Morgan fingerprint density at radius 3 is 2.73 bits per heavy atom. The molecule has 1 aromatic rings. The fraction of sp³-hybridized carbons (Fsp3) is 0.588. The van der Waals surface area contributed by atoms with Gasteiger partial charge >= 0.3 is 5.97 Å². The quantitative estimate of drug-likeness (QED) is 0.595. The molecule has 5 heteroatoms. The van der Waals surface area contributed by atoms with E-state index in [-0.39, 0.29) is 23.6 Å². The van der Waals surface area contributed by atoms with E-state index in [0.717, 1.165) is 4.47 Å². The van der Waals surface area contributed by atoms with Gasteiger partial charge in [0.05, 0.1) is 12.0 Å². The van der Waals surface area contributed by atoms with E-state index >= 15 is 0 Å². The smallest absolute Gasteiger partial charge is 0.312 e. The SMILES string of the molecule is CCOC(=O)C1(C)CCC(C(=O)c2ccc(Br)cn2)CC1C. The molecular formula is C17H22BrNO3. The van der Waals surface area contributed by atoms with Crippen molar-refractivity contribution in [3.63, 3.8) is 0 Å². The fourth-order valence-corrected chi connectivity index (χ4v) is 3.33. The summed E-state index contributed by atoms with van der Waals surface area (Å²) >= 11 is 3.32. The van der Waals surface area contributed by atoms with Gasteiger partial charge in [-0.05, 0) is 67.1 Å². The van der Waals surface area contributed by atoms with Crippen LogP contribution in [0.1, 0.15) is 50.5 Å². The topological polar surface area (TPSA) is 56.3 Å². The molecule has 120 valence electrons. The Labute approximate surface area is 139 Å². The zero-order valence-corrected chi connectivity index (χ0v) is 14.9. The maximum Gasteiger partial charge on any atom is 0.312 e. The lowest BCUT2D eigenvalue weighted by Gasteiger charge is -2.40. The van der Waals surface area contributed by atoms with Crippen molar-refractivity contribution in [2.24, 2.45) is 17.3 Å². The van der Waals surface area contributed by atoms with E-state index in [4.69, 9.17) is 4.74 Å². The number of ether oxygens (including phenoxy) is 1. The van der Waals surface area contributed by atoms with E-state index in [9.17, 15) is 9.59 Å². The third-order valence-corrected chi connectivity index (χ3v) is 5.30. The molecule has 0 saturated heterocycles. The van der Waals surface area contributed by atoms with E-state index < -0.39 is 5.41 Å². The van der Waals surface area contributed by atoms with Crippen LogP contribution in [0.4, 0.5) is 0 Å². The first-order valence-electron chi connectivity index (χ1n) is 7.71. The van der Waals surface area contributed by atoms with Gasteiger partial charge in [0.2, 0.25) is 0 Å². The van der Waals surface area contributed by atoms with Crippen LogP contribution >= 0.6 is 15.9 Å². The minimum atomic E-state index is -0.486. The van der Waals surface area contributed by atoms with E-state index in [1.165, 1.54) is 0 Å². The summed E-state index contributed by atoms with van der Waals surface area (Å²) in [5.74, 6) is -0.0173. The standard InChI is InChI=1S/C17H22BrNO3/c1-4-22-16(21)17(3)8-7-12(9-11(17)2)15(20)14-6-5-13(18)10-19-14/h5-6,10-12H,4,7-9H2,1-3H3. The van der Waals surface area contributed by atoms with Gasteiger partial charge in [0, 0.05) is 16.6 Å². The Morgan fingerprint density at radius 2 is 2.18 bits per heavy atom. The lowest BCUT2D eigenvalue weighted by Crippen LogP contribution is -2.42. The first-order valence-corrected chi connectivity index (χ1v) is 8.50. The van der Waals surface area contributed by atoms with Gasteiger partial charge in [-0.15, -0.1) is 0 Å². The van der Waals surface area contributed by atoms with Crippen LogP contribution in [-0.4, -0.2) is 23.3 Å². The maximum absolute atomic E-state index is 12.6. The van der Waals surface area contributed by atoms with Gasteiger partial charge in [-0.2, -0.15) is 0 Å². The molecule has 0 radical (unpaired) electrons. The fourth-order valence-electron chi connectivity index (χ4n) is 3.09. The highest BCUT2D eigenvalue weighted by Crippen LogP contribution is 2.44. The summed E-state index contributed by atoms with van der Waals surface area (Å²) in [5, 5.41) is 0. The number of rotatable bonds is 4. The average Bonchev–Trinajstić information content (AvgIpc) is 2.50. The van der Waals surface area contributed by atoms with Crippen molar-refractivity contribution in [1.29, 1.82) is 0 Å². The molecule has 0 spiro atoms. The Kier molecular flexibility index (Phi) is 5.37. The summed E-state index contributed by atoms with van der Waals surface area (Å²) in [7, 11) is 0. The number of hydrogen-bond donors (Lipinski definition) is 0. The minimum absolute atomic E-state index is 0.0637. The molecule has 1 fully saturated rings. The summed E-state index contributed by atoms with van der Waals surface area (Å²) in [4.78, 5) is 29.0. The summed E-state index contributed by atoms with van der Waals surface area (Å²) in [6.45, 7) is 6.20. The van der Waals surface area contributed by atoms with Gasteiger partial charge in [-0.1, -0.05) is 6.92 Å². The molecule has 0 amide bonds. The van der Waals surface area contributed by atoms with Crippen molar-refractivity contribution >= 4 is 27.7 Å². The molecular weight excluding hydrogens is 346 g/mol. The largest absolute Gasteiger partial charge is 0.466 e. The van der Waals surface area contributed by atoms with Crippen molar-refractivity contribution in [3.8, 4) is 0 Å². The number of esters is 1. The number of halogens is 1. The van der Waals surface area contributed by atoms with Crippen LogP contribution in [0.2, 0.25) is 0 Å². The molecule has 1 saturated carbocycles. The highest BCUT2D eigenvalue weighted by Gasteiger charge is 2.45. The number of aromatic nitrogens is 1. The number of pyridine rings is 1. The molecule has 0 aliphatic heterocycles. The van der Waals surface area contributed by atoms with Crippen LogP contribution in [-0.2, 0) is 9.53 Å². The molecule has 0 aromatic carbocycles. The van der Waals surface area contributed by atoms with Crippen LogP contribution in [0.25, 0.3) is 0 Å². The van der Waals surface area contributed by atoms with Crippen LogP contribution in [0.15, 0.2) is 22.8 Å². The van der Waals surface area contributed by atoms with Crippen LogP contribution < -0.4 is 0 Å². The highest BCUT2D eigenvalue weighted by molar-refractivity contribution is 9.10. The summed E-state index contributed by atoms with van der Waals surface area (Å²) < 4.78 is 6.06. The molecule has 4 nitrogen and oxygen atoms in total. The third-order valence-electron chi connectivity index (χ3n) is 4.83. The Bertz CT molecular complexity index is 558. The van der Waals surface area contributed by atoms with Gasteiger partial charge < -0.3 is 4.74 Å². The maximum atomic E-state index is 12.6. The van der Waals surface area contributed by atoms with Gasteiger partial charge in [-0.25, -0.2) is 0 Å². The summed E-state index contributed by atoms with van der Waals surface area (Å²) in [5.41, 5.74) is 0.0140. The summed E-state index contributed by atoms with van der Waals surface area (Å²) in [6, 6.07) is 3.57. The Hall–Kier alpha value is -1.23. The van der Waals surface area contributed by atoms with Crippen LogP contribution in [0.3, 0.4) is 0 Å². The summed E-state index contributed by atoms with van der Waals surface area (Å²) in [6.07, 6.45) is 3.73. The second kappa shape index (κ2) is 6.90. The third kappa shape index (κ3) is 3.40. The number of ketones is 1. The number of Topliss-reactive ketones (excluding diaryl/α,β-unsaturated/α-hetero) is 1. The molecule has 0 bridgehead atoms. The Balaban J connectivity index is 2.08. The van der Waals surface area contributed by atoms with Gasteiger partial charge in [0.25, 0.3) is 0 Å². The van der Waals surface area contributed by atoms with E-state index in [0.29, 0.717) is 31.6 Å². The zero-order valence-electron chi connectivity index (χ0n) is 13.3. The predicted octanol–water partition coefficient (Wildman–Crippen LogP) is 4.03. The number of carbonyl (C=O) groups is 2. The van der Waals surface area contributed by atoms with Gasteiger partial charge in [-0.3, -0.25) is 14.6 Å². The van der Waals surface area contributed by atoms with E-state index in [2.05, 4.69) is 20.9 Å². The first-order chi connectivity index (χ1) is 10.4. The van der Waals surface area contributed by atoms with Crippen molar-refractivity contribution in [3.05, 3.63) is 28.5 Å². The second-order valence-electron chi connectivity index (χ2n) is 6.24. The molecule has 1 aliphatic rings. The predicted molar refractivity (Wildman–Crippen MR) is 87.5 cm³/mol. The highest BCUT2D eigenvalue weighted by atomic mass is 79.9. The molecule has 1 heterocycles. The monoisotopic (exact) mass is 367 g/mol. The molecule has 22 heavy (non-hydrogen) atoms. The van der Waals surface area contributed by atoms with Crippen LogP contribution in [0.5, 0.6) is 0 Å². The molecule has 0 N–H and O–H groups in total. The van der Waals surface area contributed by atoms with Crippen molar-refractivity contribution in [1.82, 2.24) is 4.98 Å². The number of hydrogen-bond acceptors (Lipinski definition) is 4. The number of nitrogens with zero attached hydrogens (tertiary/aromatic N) is 1. The van der Waals surface area contributed by atoms with Crippen molar-refractivity contribution < 1.29 is 14.3 Å². The number of carbonyl (C=O) groups excluding carboxylic acids is 2. The molecule has 2 rings (SSSR count). The van der Waals surface area contributed by atoms with Gasteiger partial charge in [0.15, 0.2) is 5.78 Å². The normalized spacial score (nSPS) is 28.2. The van der Waals surface area contributed by atoms with Crippen molar-refractivity contribution in [2.45, 2.75) is 40.0 Å². The van der Waals surface area contributed by atoms with Gasteiger partial charge in [0.1, 0.15) is 5.69 Å². The average molecular weight is 368 g/mol. The lowest BCUT2D eigenvalue weighted by molar-refractivity contribution is -0.160. The zero-order chi connectivity index (χ0) is 16.3. The Morgan fingerprint density at radius 1 is 1.45 bits per heavy atom. The molecule has 3 unspecified atom stereocenters. The molecule has 1 aliphatic carbocycles. The second-order valence-corrected chi connectivity index (χ2v) is 7.15. The first kappa shape index (κ1) is 17.1. The van der Waals surface area contributed by atoms with Crippen LogP contribution in [0, 0.1) is 17.3 Å². The lowest BCUT2D eigenvalue weighted by atomic mass is 9.64. The van der Waals surface area contributed by atoms with Crippen molar-refractivity contribution in [2.75, 3.05) is 6.61 Å².